The maximum Gasteiger partial charge on any atom is 0.381 e. The fourth-order valence-electron chi connectivity index (χ4n) is 2.67. The first-order chi connectivity index (χ1) is 15.0. The first-order valence-corrected chi connectivity index (χ1v) is 10.4. The van der Waals surface area contributed by atoms with Crippen molar-refractivity contribution in [2.24, 2.45) is 0 Å². The third kappa shape index (κ3) is 11.6. The van der Waals surface area contributed by atoms with Crippen LogP contribution in [0.4, 0.5) is 0 Å². The van der Waals surface area contributed by atoms with E-state index in [9.17, 15) is 28.8 Å². The quantitative estimate of drug-likeness (QED) is 0.164. The molecule has 0 atom stereocenters. The van der Waals surface area contributed by atoms with Crippen LogP contribution in [0.25, 0.3) is 0 Å². The molecule has 1 aromatic rings. The molecule has 0 N–H and O–H groups in total. The lowest BCUT2D eigenvalue weighted by Gasteiger charge is -2.02. The number of carbonyl (C=O) groups excluding carboxylic acids is 6. The maximum atomic E-state index is 11.9. The zero-order valence-electron chi connectivity index (χ0n) is 17.5. The summed E-state index contributed by atoms with van der Waals surface area (Å²) in [6, 6.07) is 2.31. The second-order valence-electron chi connectivity index (χ2n) is 6.93. The summed E-state index contributed by atoms with van der Waals surface area (Å²) in [4.78, 5) is 67.6. The van der Waals surface area contributed by atoms with Crippen molar-refractivity contribution in [2.45, 2.75) is 77.0 Å². The molecule has 0 fully saturated rings. The average molecular weight is 436 g/mol. The second-order valence-corrected chi connectivity index (χ2v) is 6.93. The van der Waals surface area contributed by atoms with Gasteiger partial charge < -0.3 is 23.5 Å². The largest absolute Gasteiger partial charge is 0.442 e. The van der Waals surface area contributed by atoms with Crippen molar-refractivity contribution in [3.63, 3.8) is 0 Å². The lowest BCUT2D eigenvalue weighted by molar-refractivity contribution is -0.139. The molecule has 0 bridgehead atoms. The normalized spacial score (nSPS) is 10.3. The van der Waals surface area contributed by atoms with Crippen molar-refractivity contribution in [1.29, 1.82) is 0 Å². The molecule has 9 heteroatoms. The van der Waals surface area contributed by atoms with Crippen LogP contribution < -0.4 is 0 Å². The highest BCUT2D eigenvalue weighted by atomic mass is 16.6. The Morgan fingerprint density at radius 3 is 1.42 bits per heavy atom. The maximum absolute atomic E-state index is 11.9. The molecule has 0 aliphatic heterocycles. The lowest BCUT2D eigenvalue weighted by Crippen LogP contribution is -2.13. The van der Waals surface area contributed by atoms with Gasteiger partial charge in [0.1, 0.15) is 12.6 Å². The fraction of sp³-hybridized carbons (Fsp3) is 0.545. The minimum Gasteiger partial charge on any atom is -0.442 e. The van der Waals surface area contributed by atoms with Gasteiger partial charge in [-0.3, -0.25) is 9.59 Å². The summed E-state index contributed by atoms with van der Waals surface area (Å²) in [6.07, 6.45) is 8.41. The predicted molar refractivity (Wildman–Crippen MR) is 107 cm³/mol. The Morgan fingerprint density at radius 1 is 0.645 bits per heavy atom. The Hall–Kier alpha value is -3.10. The summed E-state index contributed by atoms with van der Waals surface area (Å²) in [5, 5.41) is 0. The number of ether oxygens (including phenoxy) is 2. The zero-order chi connectivity index (χ0) is 22.9. The smallest absolute Gasteiger partial charge is 0.381 e. The van der Waals surface area contributed by atoms with Gasteiger partial charge in [0.05, 0.1) is 0 Å². The third-order valence-corrected chi connectivity index (χ3v) is 4.33. The number of carbonyl (C=O) groups is 6. The number of rotatable bonds is 16. The van der Waals surface area contributed by atoms with Gasteiger partial charge in [0.15, 0.2) is 0 Å². The number of aldehydes is 2. The first-order valence-electron chi connectivity index (χ1n) is 10.4. The van der Waals surface area contributed by atoms with Crippen molar-refractivity contribution in [2.75, 3.05) is 0 Å². The molecule has 0 radical (unpaired) electrons. The highest BCUT2D eigenvalue weighted by Crippen LogP contribution is 2.13. The molecule has 1 heterocycles. The van der Waals surface area contributed by atoms with Crippen LogP contribution in [0.15, 0.2) is 16.5 Å². The van der Waals surface area contributed by atoms with E-state index in [1.807, 2.05) is 0 Å². The van der Waals surface area contributed by atoms with Gasteiger partial charge in [0.2, 0.25) is 11.5 Å². The fourth-order valence-corrected chi connectivity index (χ4v) is 2.67. The van der Waals surface area contributed by atoms with E-state index in [1.165, 1.54) is 0 Å². The number of furan rings is 1. The SMILES string of the molecule is O=CCCCCCCC(=O)OC(=O)c1ccc(C(=O)OC(=O)CCCCCCC=O)o1. The molecule has 0 aliphatic carbocycles. The average Bonchev–Trinajstić information content (AvgIpc) is 3.24. The predicted octanol–water partition coefficient (Wildman–Crippen LogP) is 3.73. The monoisotopic (exact) mass is 436 g/mol. The first kappa shape index (κ1) is 25.9. The number of hydrogen-bond donors (Lipinski definition) is 0. The Kier molecular flexibility index (Phi) is 13.1. The van der Waals surface area contributed by atoms with E-state index in [4.69, 9.17) is 4.42 Å². The molecule has 9 nitrogen and oxygen atoms in total. The highest BCUT2D eigenvalue weighted by molar-refractivity contribution is 5.98. The van der Waals surface area contributed by atoms with Crippen LogP contribution in [-0.2, 0) is 28.7 Å². The molecule has 0 aromatic carbocycles. The van der Waals surface area contributed by atoms with Crippen LogP contribution in [0.3, 0.4) is 0 Å². The van der Waals surface area contributed by atoms with E-state index < -0.39 is 23.9 Å². The Labute approximate surface area is 180 Å². The van der Waals surface area contributed by atoms with Gasteiger partial charge >= 0.3 is 23.9 Å². The lowest BCUT2D eigenvalue weighted by atomic mass is 10.1. The number of unbranched alkanes of at least 4 members (excludes halogenated alkanes) is 8. The topological polar surface area (TPSA) is 134 Å². The summed E-state index contributed by atoms with van der Waals surface area (Å²) in [5.41, 5.74) is 0. The molecular formula is C22H28O9. The molecule has 0 unspecified atom stereocenters. The van der Waals surface area contributed by atoms with Gasteiger partial charge in [-0.25, -0.2) is 9.59 Å². The van der Waals surface area contributed by atoms with Crippen molar-refractivity contribution in [3.05, 3.63) is 23.7 Å². The van der Waals surface area contributed by atoms with Crippen LogP contribution >= 0.6 is 0 Å². The van der Waals surface area contributed by atoms with Crippen molar-refractivity contribution >= 4 is 36.4 Å². The van der Waals surface area contributed by atoms with Gasteiger partial charge in [0.25, 0.3) is 0 Å². The number of esters is 4. The van der Waals surface area contributed by atoms with Gasteiger partial charge in [0, 0.05) is 25.7 Å². The Balaban J connectivity index is 2.32. The van der Waals surface area contributed by atoms with E-state index in [1.54, 1.807) is 0 Å². The van der Waals surface area contributed by atoms with Crippen LogP contribution in [-0.4, -0.2) is 36.4 Å². The van der Waals surface area contributed by atoms with E-state index in [2.05, 4.69) is 9.47 Å². The molecule has 1 aromatic heterocycles. The molecule has 0 spiro atoms. The van der Waals surface area contributed by atoms with Crippen molar-refractivity contribution < 1.29 is 42.7 Å². The summed E-state index contributed by atoms with van der Waals surface area (Å²) in [5.74, 6) is -4.21. The van der Waals surface area contributed by atoms with E-state index >= 15 is 0 Å². The van der Waals surface area contributed by atoms with Crippen LogP contribution in [0.5, 0.6) is 0 Å². The van der Waals surface area contributed by atoms with Gasteiger partial charge in [-0.1, -0.05) is 25.7 Å². The van der Waals surface area contributed by atoms with Crippen LogP contribution in [0.1, 0.15) is 98.2 Å². The van der Waals surface area contributed by atoms with Gasteiger partial charge in [-0.2, -0.15) is 0 Å². The van der Waals surface area contributed by atoms with Crippen LogP contribution in [0, 0.1) is 0 Å². The molecule has 31 heavy (non-hydrogen) atoms. The van der Waals surface area contributed by atoms with E-state index in [-0.39, 0.29) is 24.4 Å². The summed E-state index contributed by atoms with van der Waals surface area (Å²) >= 11 is 0. The molecule has 0 amide bonds. The minimum atomic E-state index is -1.04. The van der Waals surface area contributed by atoms with Crippen LogP contribution in [0.2, 0.25) is 0 Å². The number of hydrogen-bond acceptors (Lipinski definition) is 9. The summed E-state index contributed by atoms with van der Waals surface area (Å²) < 4.78 is 14.4. The minimum absolute atomic E-state index is 0.0477. The summed E-state index contributed by atoms with van der Waals surface area (Å²) in [7, 11) is 0. The van der Waals surface area contributed by atoms with Gasteiger partial charge in [-0.05, 0) is 37.8 Å². The second kappa shape index (κ2) is 15.7. The van der Waals surface area contributed by atoms with Crippen molar-refractivity contribution in [1.82, 2.24) is 0 Å². The molecular weight excluding hydrogens is 408 g/mol. The van der Waals surface area contributed by atoms with Crippen molar-refractivity contribution in [3.8, 4) is 0 Å². The van der Waals surface area contributed by atoms with Gasteiger partial charge in [-0.15, -0.1) is 0 Å². The zero-order valence-corrected chi connectivity index (χ0v) is 17.5. The van der Waals surface area contributed by atoms with E-state index in [0.717, 1.165) is 63.2 Å². The Morgan fingerprint density at radius 2 is 1.03 bits per heavy atom. The Bertz CT molecular complexity index is 687. The molecule has 0 saturated heterocycles. The highest BCUT2D eigenvalue weighted by Gasteiger charge is 2.21. The summed E-state index contributed by atoms with van der Waals surface area (Å²) in [6.45, 7) is 0. The standard InChI is InChI=1S/C22H28O9/c23-15-9-5-1-3-7-11-19(25)30-21(27)17-13-14-18(29-17)22(28)31-20(26)12-8-4-2-6-10-16-24/h13-16H,1-12H2. The molecule has 0 aliphatic rings. The third-order valence-electron chi connectivity index (χ3n) is 4.33. The molecule has 0 saturated carbocycles. The molecule has 170 valence electrons. The molecule has 1 rings (SSSR count). The van der Waals surface area contributed by atoms with E-state index in [0.29, 0.717) is 25.7 Å².